The van der Waals surface area contributed by atoms with Crippen LogP contribution in [-0.4, -0.2) is 10.5 Å². The van der Waals surface area contributed by atoms with E-state index in [-0.39, 0.29) is 12.5 Å². The van der Waals surface area contributed by atoms with Crippen LogP contribution in [0.5, 0.6) is 0 Å². The lowest BCUT2D eigenvalue weighted by Gasteiger charge is -2.10. The summed E-state index contributed by atoms with van der Waals surface area (Å²) in [5, 5.41) is 3.70. The van der Waals surface area contributed by atoms with Crippen LogP contribution in [0.4, 0.5) is 5.69 Å². The molecule has 0 aliphatic rings. The molecular weight excluding hydrogens is 292 g/mol. The summed E-state index contributed by atoms with van der Waals surface area (Å²) in [6.07, 6.45) is 0. The Hall–Kier alpha value is -2.82. The monoisotopic (exact) mass is 310 g/mol. The second-order valence-electron chi connectivity index (χ2n) is 5.71. The summed E-state index contributed by atoms with van der Waals surface area (Å²) >= 11 is 0. The number of fused-ring (bicyclic) bond motifs is 1. The number of hydrogen-bond acceptors (Lipinski definition) is 3. The van der Waals surface area contributed by atoms with Crippen molar-refractivity contribution in [3.63, 3.8) is 0 Å². The van der Waals surface area contributed by atoms with E-state index in [1.54, 1.807) is 6.07 Å². The summed E-state index contributed by atoms with van der Waals surface area (Å²) in [4.78, 5) is 23.7. The number of benzene rings is 1. The predicted octanol–water partition coefficient (Wildman–Crippen LogP) is 3.16. The van der Waals surface area contributed by atoms with Gasteiger partial charge >= 0.3 is 5.63 Å². The van der Waals surface area contributed by atoms with Gasteiger partial charge in [-0.25, -0.2) is 4.79 Å². The highest BCUT2D eigenvalue weighted by molar-refractivity contribution is 5.93. The average Bonchev–Trinajstić information content (AvgIpc) is 2.78. The van der Waals surface area contributed by atoms with Crippen LogP contribution >= 0.6 is 0 Å². The maximum absolute atomic E-state index is 12.2. The van der Waals surface area contributed by atoms with Crippen LogP contribution in [0.1, 0.15) is 17.0 Å². The summed E-state index contributed by atoms with van der Waals surface area (Å²) in [6, 6.07) is 10.7. The molecule has 0 spiro atoms. The predicted molar refractivity (Wildman–Crippen MR) is 89.8 cm³/mol. The smallest absolute Gasteiger partial charge is 0.336 e. The zero-order chi connectivity index (χ0) is 16.6. The highest BCUT2D eigenvalue weighted by Gasteiger charge is 2.09. The number of nitrogens with one attached hydrogen (secondary N) is 1. The van der Waals surface area contributed by atoms with E-state index in [9.17, 15) is 9.59 Å². The van der Waals surface area contributed by atoms with Crippen LogP contribution in [0.3, 0.4) is 0 Å². The molecule has 0 radical (unpaired) electrons. The van der Waals surface area contributed by atoms with Crippen molar-refractivity contribution >= 4 is 22.6 Å². The van der Waals surface area contributed by atoms with Crippen LogP contribution < -0.4 is 10.9 Å². The average molecular weight is 310 g/mol. The van der Waals surface area contributed by atoms with E-state index in [0.717, 1.165) is 22.3 Å². The number of nitrogens with zero attached hydrogens (tertiary/aromatic N) is 1. The summed E-state index contributed by atoms with van der Waals surface area (Å²) in [5.41, 5.74) is 3.63. The molecule has 0 unspecified atom stereocenters. The van der Waals surface area contributed by atoms with E-state index < -0.39 is 5.63 Å². The van der Waals surface area contributed by atoms with Crippen LogP contribution in [-0.2, 0) is 11.3 Å². The van der Waals surface area contributed by atoms with Gasteiger partial charge in [0.1, 0.15) is 12.1 Å². The zero-order valence-corrected chi connectivity index (χ0v) is 13.3. The highest BCUT2D eigenvalue weighted by atomic mass is 16.4. The molecule has 2 aromatic heterocycles. The fourth-order valence-electron chi connectivity index (χ4n) is 2.70. The summed E-state index contributed by atoms with van der Waals surface area (Å²) < 4.78 is 7.14. The van der Waals surface area contributed by atoms with Crippen molar-refractivity contribution in [1.29, 1.82) is 0 Å². The zero-order valence-electron chi connectivity index (χ0n) is 13.3. The van der Waals surface area contributed by atoms with Crippen molar-refractivity contribution < 1.29 is 9.21 Å². The second-order valence-corrected chi connectivity index (χ2v) is 5.71. The highest BCUT2D eigenvalue weighted by Crippen LogP contribution is 2.20. The molecule has 5 nitrogen and oxygen atoms in total. The second kappa shape index (κ2) is 5.76. The Balaban J connectivity index is 1.84. The Kier molecular flexibility index (Phi) is 3.78. The van der Waals surface area contributed by atoms with Crippen LogP contribution in [0.15, 0.2) is 45.6 Å². The van der Waals surface area contributed by atoms with Crippen molar-refractivity contribution in [3.05, 3.63) is 63.8 Å². The Bertz CT molecular complexity index is 931. The standard InChI is InChI=1S/C18H18N2O3/c1-11-8-18(22)23-16-9-14(6-7-15(11)16)19-17(21)10-20-12(2)4-5-13(20)3/h4-9H,10H2,1-3H3,(H,19,21). The maximum Gasteiger partial charge on any atom is 0.336 e. The van der Waals surface area contributed by atoms with Crippen molar-refractivity contribution in [3.8, 4) is 0 Å². The van der Waals surface area contributed by atoms with Crippen molar-refractivity contribution in [2.45, 2.75) is 27.3 Å². The molecule has 23 heavy (non-hydrogen) atoms. The Morgan fingerprint density at radius 2 is 1.78 bits per heavy atom. The van der Waals surface area contributed by atoms with E-state index in [1.807, 2.05) is 49.6 Å². The third-order valence-electron chi connectivity index (χ3n) is 3.95. The number of carbonyl (C=O) groups is 1. The number of hydrogen-bond donors (Lipinski definition) is 1. The maximum atomic E-state index is 12.2. The van der Waals surface area contributed by atoms with E-state index >= 15 is 0 Å². The van der Waals surface area contributed by atoms with Crippen LogP contribution in [0.2, 0.25) is 0 Å². The van der Waals surface area contributed by atoms with Gasteiger partial charge in [0, 0.05) is 34.6 Å². The Morgan fingerprint density at radius 1 is 1.09 bits per heavy atom. The van der Waals surface area contributed by atoms with Crippen LogP contribution in [0, 0.1) is 20.8 Å². The van der Waals surface area contributed by atoms with E-state index in [1.165, 1.54) is 6.07 Å². The molecule has 2 heterocycles. The fraction of sp³-hybridized carbons (Fsp3) is 0.222. The lowest BCUT2D eigenvalue weighted by Crippen LogP contribution is -2.20. The summed E-state index contributed by atoms with van der Waals surface area (Å²) in [5.74, 6) is -0.123. The molecule has 1 amide bonds. The molecule has 3 aromatic rings. The molecule has 0 atom stereocenters. The van der Waals surface area contributed by atoms with Gasteiger partial charge in [-0.15, -0.1) is 0 Å². The van der Waals surface area contributed by atoms with E-state index in [4.69, 9.17) is 4.42 Å². The number of aryl methyl sites for hydroxylation is 3. The molecule has 0 bridgehead atoms. The van der Waals surface area contributed by atoms with Crippen molar-refractivity contribution in [1.82, 2.24) is 4.57 Å². The minimum atomic E-state index is -0.392. The fourth-order valence-corrected chi connectivity index (χ4v) is 2.70. The largest absolute Gasteiger partial charge is 0.423 e. The first-order valence-electron chi connectivity index (χ1n) is 7.41. The lowest BCUT2D eigenvalue weighted by molar-refractivity contribution is -0.116. The normalized spacial score (nSPS) is 10.9. The lowest BCUT2D eigenvalue weighted by atomic mass is 10.1. The number of amides is 1. The van der Waals surface area contributed by atoms with Gasteiger partial charge < -0.3 is 14.3 Å². The van der Waals surface area contributed by atoms with Crippen molar-refractivity contribution in [2.24, 2.45) is 0 Å². The van der Waals surface area contributed by atoms with Gasteiger partial charge in [0.05, 0.1) is 0 Å². The minimum absolute atomic E-state index is 0.123. The number of rotatable bonds is 3. The van der Waals surface area contributed by atoms with Crippen molar-refractivity contribution in [2.75, 3.05) is 5.32 Å². The number of carbonyl (C=O) groups excluding carboxylic acids is 1. The first kappa shape index (κ1) is 15.1. The van der Waals surface area contributed by atoms with Gasteiger partial charge in [0.25, 0.3) is 0 Å². The number of anilines is 1. The quantitative estimate of drug-likeness (QED) is 0.756. The van der Waals surface area contributed by atoms with E-state index in [2.05, 4.69) is 5.32 Å². The molecule has 0 fully saturated rings. The van der Waals surface area contributed by atoms with Gasteiger partial charge in [0.15, 0.2) is 0 Å². The van der Waals surface area contributed by atoms with Gasteiger partial charge in [-0.1, -0.05) is 0 Å². The minimum Gasteiger partial charge on any atom is -0.423 e. The summed E-state index contributed by atoms with van der Waals surface area (Å²) in [7, 11) is 0. The first-order valence-corrected chi connectivity index (χ1v) is 7.41. The molecule has 118 valence electrons. The SMILES string of the molecule is Cc1cc(=O)oc2cc(NC(=O)Cn3c(C)ccc3C)ccc12. The van der Waals surface area contributed by atoms with E-state index in [0.29, 0.717) is 11.3 Å². The Labute approximate surface area is 133 Å². The van der Waals surface area contributed by atoms with Crippen LogP contribution in [0.25, 0.3) is 11.0 Å². The molecule has 0 saturated carbocycles. The summed E-state index contributed by atoms with van der Waals surface area (Å²) in [6.45, 7) is 6.04. The third kappa shape index (κ3) is 3.04. The molecule has 0 saturated heterocycles. The molecule has 1 N–H and O–H groups in total. The number of aromatic nitrogens is 1. The van der Waals surface area contributed by atoms with Gasteiger partial charge in [-0.2, -0.15) is 0 Å². The molecular formula is C18H18N2O3. The molecule has 5 heteroatoms. The van der Waals surface area contributed by atoms with Gasteiger partial charge in [-0.05, 0) is 50.6 Å². The molecule has 0 aliphatic carbocycles. The molecule has 3 rings (SSSR count). The third-order valence-corrected chi connectivity index (χ3v) is 3.95. The Morgan fingerprint density at radius 3 is 2.48 bits per heavy atom. The molecule has 0 aliphatic heterocycles. The molecule has 1 aromatic carbocycles. The first-order chi connectivity index (χ1) is 10.9. The van der Waals surface area contributed by atoms with Gasteiger partial charge in [-0.3, -0.25) is 4.79 Å². The van der Waals surface area contributed by atoms with Gasteiger partial charge in [0.2, 0.25) is 5.91 Å². The topological polar surface area (TPSA) is 64.2 Å².